The van der Waals surface area contributed by atoms with Crippen LogP contribution in [0, 0.1) is 13.8 Å². The second-order valence-electron chi connectivity index (χ2n) is 6.99. The van der Waals surface area contributed by atoms with Crippen molar-refractivity contribution in [3.05, 3.63) is 80.3 Å². The van der Waals surface area contributed by atoms with Gasteiger partial charge in [-0.05, 0) is 48.6 Å². The Morgan fingerprint density at radius 1 is 1.14 bits per heavy atom. The molecule has 7 nitrogen and oxygen atoms in total. The Bertz CT molecular complexity index is 1200. The van der Waals surface area contributed by atoms with E-state index in [0.29, 0.717) is 18.8 Å². The number of aryl methyl sites for hydroxylation is 3. The van der Waals surface area contributed by atoms with E-state index in [-0.39, 0.29) is 23.5 Å². The first-order valence-electron chi connectivity index (χ1n) is 9.34. The lowest BCUT2D eigenvalue weighted by atomic mass is 10.1. The average Bonchev–Trinajstić information content (AvgIpc) is 3.34. The fourth-order valence-corrected chi connectivity index (χ4v) is 3.96. The summed E-state index contributed by atoms with van der Waals surface area (Å²) < 4.78 is 3.23. The van der Waals surface area contributed by atoms with Crippen molar-refractivity contribution in [2.75, 3.05) is 0 Å². The number of thiophene rings is 1. The third kappa shape index (κ3) is 4.12. The number of hydrogen-bond donors (Lipinski definition) is 1. The van der Waals surface area contributed by atoms with E-state index in [1.807, 2.05) is 43.5 Å². The van der Waals surface area contributed by atoms with Crippen molar-refractivity contribution >= 4 is 22.9 Å². The number of fused-ring (bicyclic) bond motifs is 1. The van der Waals surface area contributed by atoms with Crippen molar-refractivity contribution in [2.24, 2.45) is 0 Å². The van der Waals surface area contributed by atoms with Gasteiger partial charge in [-0.15, -0.1) is 21.5 Å². The summed E-state index contributed by atoms with van der Waals surface area (Å²) in [6.45, 7) is 4.52. The van der Waals surface area contributed by atoms with E-state index >= 15 is 0 Å². The minimum absolute atomic E-state index is 0.0567. The summed E-state index contributed by atoms with van der Waals surface area (Å²) in [7, 11) is 0. The predicted molar refractivity (Wildman–Crippen MR) is 113 cm³/mol. The minimum atomic E-state index is -0.238. The van der Waals surface area contributed by atoms with E-state index in [0.717, 1.165) is 21.7 Å². The third-order valence-corrected chi connectivity index (χ3v) is 5.52. The van der Waals surface area contributed by atoms with Crippen molar-refractivity contribution in [2.45, 2.75) is 33.2 Å². The van der Waals surface area contributed by atoms with Gasteiger partial charge in [-0.2, -0.15) is 0 Å². The van der Waals surface area contributed by atoms with Gasteiger partial charge in [0.05, 0.1) is 6.54 Å². The van der Waals surface area contributed by atoms with E-state index in [2.05, 4.69) is 21.6 Å². The third-order valence-electron chi connectivity index (χ3n) is 4.64. The van der Waals surface area contributed by atoms with E-state index in [1.54, 1.807) is 32.7 Å². The van der Waals surface area contributed by atoms with Gasteiger partial charge in [-0.1, -0.05) is 12.1 Å². The molecule has 29 heavy (non-hydrogen) atoms. The number of hydrogen-bond acceptors (Lipinski definition) is 5. The fraction of sp³-hybridized carbons (Fsp3) is 0.238. The molecule has 0 unspecified atom stereocenters. The lowest BCUT2D eigenvalue weighted by Crippen LogP contribution is -2.23. The van der Waals surface area contributed by atoms with Crippen LogP contribution in [0.15, 0.2) is 52.9 Å². The van der Waals surface area contributed by atoms with Gasteiger partial charge in [-0.25, -0.2) is 0 Å². The number of benzene rings is 1. The summed E-state index contributed by atoms with van der Waals surface area (Å²) in [6.07, 6.45) is 4.18. The van der Waals surface area contributed by atoms with E-state index in [9.17, 15) is 9.59 Å². The number of aromatic nitrogens is 4. The Hall–Kier alpha value is -3.26. The van der Waals surface area contributed by atoms with Crippen molar-refractivity contribution in [1.82, 2.24) is 24.5 Å². The van der Waals surface area contributed by atoms with Gasteiger partial charge in [0, 0.05) is 35.8 Å². The fourth-order valence-electron chi connectivity index (χ4n) is 3.31. The van der Waals surface area contributed by atoms with Crippen LogP contribution in [-0.2, 0) is 17.8 Å². The quantitative estimate of drug-likeness (QED) is 0.533. The molecule has 0 aliphatic carbocycles. The normalized spacial score (nSPS) is 11.1. The van der Waals surface area contributed by atoms with Crippen LogP contribution in [-0.4, -0.2) is 25.1 Å². The van der Waals surface area contributed by atoms with Crippen molar-refractivity contribution < 1.29 is 4.79 Å². The van der Waals surface area contributed by atoms with E-state index < -0.39 is 0 Å². The molecule has 0 atom stereocenters. The Balaban J connectivity index is 1.51. The minimum Gasteiger partial charge on any atom is -0.351 e. The Morgan fingerprint density at radius 3 is 2.66 bits per heavy atom. The first kappa shape index (κ1) is 19.1. The molecule has 0 aliphatic heterocycles. The molecule has 8 heteroatoms. The molecule has 148 valence electrons. The molecule has 3 aromatic heterocycles. The molecule has 4 rings (SSSR count). The molecule has 3 heterocycles. The van der Waals surface area contributed by atoms with Crippen LogP contribution >= 0.6 is 11.3 Å². The highest BCUT2D eigenvalue weighted by Crippen LogP contribution is 2.13. The number of nitrogens with zero attached hydrogens (tertiary/aromatic N) is 4. The molecule has 0 saturated carbocycles. The van der Waals surface area contributed by atoms with Crippen molar-refractivity contribution in [3.8, 4) is 5.69 Å². The highest BCUT2D eigenvalue weighted by molar-refractivity contribution is 7.09. The number of amides is 1. The Morgan fingerprint density at radius 2 is 1.93 bits per heavy atom. The lowest BCUT2D eigenvalue weighted by molar-refractivity contribution is -0.121. The van der Waals surface area contributed by atoms with Gasteiger partial charge < -0.3 is 5.32 Å². The smallest absolute Gasteiger partial charge is 0.300 e. The average molecular weight is 407 g/mol. The first-order chi connectivity index (χ1) is 14.0. The monoisotopic (exact) mass is 407 g/mol. The molecule has 0 aliphatic rings. The molecule has 4 aromatic rings. The summed E-state index contributed by atoms with van der Waals surface area (Å²) >= 11 is 1.61. The van der Waals surface area contributed by atoms with Gasteiger partial charge in [0.15, 0.2) is 0 Å². The second-order valence-corrected chi connectivity index (χ2v) is 8.02. The molecule has 0 radical (unpaired) electrons. The van der Waals surface area contributed by atoms with Gasteiger partial charge in [0.1, 0.15) is 5.82 Å². The zero-order valence-electron chi connectivity index (χ0n) is 16.3. The molecule has 1 amide bonds. The number of carbonyl (C=O) groups is 1. The first-order valence-corrected chi connectivity index (χ1v) is 10.2. The topological polar surface area (TPSA) is 81.3 Å². The Labute approximate surface area is 171 Å². The zero-order chi connectivity index (χ0) is 20.4. The van der Waals surface area contributed by atoms with Gasteiger partial charge in [-0.3, -0.25) is 18.6 Å². The molecular weight excluding hydrogens is 386 g/mol. The van der Waals surface area contributed by atoms with Crippen LogP contribution in [0.4, 0.5) is 0 Å². The summed E-state index contributed by atoms with van der Waals surface area (Å²) in [5.41, 5.74) is 2.98. The maximum atomic E-state index is 12.9. The maximum absolute atomic E-state index is 12.9. The number of carbonyl (C=O) groups excluding carboxylic acids is 1. The molecule has 1 N–H and O–H groups in total. The van der Waals surface area contributed by atoms with Crippen LogP contribution in [0.2, 0.25) is 0 Å². The van der Waals surface area contributed by atoms with Gasteiger partial charge in [0.25, 0.3) is 0 Å². The van der Waals surface area contributed by atoms with Crippen LogP contribution in [0.25, 0.3) is 11.3 Å². The van der Waals surface area contributed by atoms with E-state index in [1.165, 1.54) is 0 Å². The number of rotatable bonds is 6. The van der Waals surface area contributed by atoms with E-state index in [4.69, 9.17) is 0 Å². The lowest BCUT2D eigenvalue weighted by Gasteiger charge is -2.09. The summed E-state index contributed by atoms with van der Waals surface area (Å²) in [5, 5.41) is 13.1. The molecule has 1 aromatic carbocycles. The van der Waals surface area contributed by atoms with Crippen molar-refractivity contribution in [1.29, 1.82) is 0 Å². The summed E-state index contributed by atoms with van der Waals surface area (Å²) in [4.78, 5) is 26.1. The van der Waals surface area contributed by atoms with Crippen molar-refractivity contribution in [3.63, 3.8) is 0 Å². The van der Waals surface area contributed by atoms with Gasteiger partial charge in [0.2, 0.25) is 11.6 Å². The summed E-state index contributed by atoms with van der Waals surface area (Å²) in [6, 6.07) is 9.92. The predicted octanol–water partition coefficient (Wildman–Crippen LogP) is 2.81. The largest absolute Gasteiger partial charge is 0.351 e. The SMILES string of the molecule is Cc1cc(C)cc(-n2ccn3c(CCC(=O)NCc4cccs4)nnc3c2=O)c1. The molecule has 0 fully saturated rings. The molecule has 0 saturated heterocycles. The standard InChI is InChI=1S/C21H21N5O2S/c1-14-10-15(2)12-16(11-14)25-7-8-26-18(23-24-20(26)21(25)28)5-6-19(27)22-13-17-4-3-9-29-17/h3-4,7-12H,5-6,13H2,1-2H3,(H,22,27). The van der Waals surface area contributed by atoms with Crippen LogP contribution in [0.1, 0.15) is 28.2 Å². The van der Waals surface area contributed by atoms with Crippen LogP contribution < -0.4 is 10.9 Å². The maximum Gasteiger partial charge on any atom is 0.300 e. The van der Waals surface area contributed by atoms with Crippen LogP contribution in [0.3, 0.4) is 0 Å². The second kappa shape index (κ2) is 8.00. The number of nitrogens with one attached hydrogen (secondary N) is 1. The molecule has 0 bridgehead atoms. The van der Waals surface area contributed by atoms with Gasteiger partial charge >= 0.3 is 5.56 Å². The summed E-state index contributed by atoms with van der Waals surface area (Å²) in [5.74, 6) is 0.537. The zero-order valence-corrected chi connectivity index (χ0v) is 17.1. The molecular formula is C21H21N5O2S. The highest BCUT2D eigenvalue weighted by atomic mass is 32.1. The Kier molecular flexibility index (Phi) is 5.26. The molecule has 0 spiro atoms. The highest BCUT2D eigenvalue weighted by Gasteiger charge is 2.13. The van der Waals surface area contributed by atoms with Crippen LogP contribution in [0.5, 0.6) is 0 Å².